The summed E-state index contributed by atoms with van der Waals surface area (Å²) in [5.41, 5.74) is 6.24. The topological polar surface area (TPSA) is 81.4 Å². The lowest BCUT2D eigenvalue weighted by molar-refractivity contribution is 0.416. The van der Waals surface area contributed by atoms with Crippen LogP contribution in [0, 0.1) is 0 Å². The van der Waals surface area contributed by atoms with Gasteiger partial charge in [0.25, 0.3) is 10.0 Å². The first-order valence-electron chi connectivity index (χ1n) is 5.75. The molecule has 0 amide bonds. The Labute approximate surface area is 136 Å². The Morgan fingerprint density at radius 3 is 2.57 bits per heavy atom. The van der Waals surface area contributed by atoms with Crippen molar-refractivity contribution >= 4 is 48.9 Å². The predicted molar refractivity (Wildman–Crippen MR) is 87.4 cm³/mol. The minimum atomic E-state index is -3.79. The SMILES string of the molecule is COc1ccc(S(=O)(=O)Nc2cc(Br)ccc2Cl)cc1N. The van der Waals surface area contributed by atoms with Gasteiger partial charge in [0.05, 0.1) is 28.4 Å². The molecule has 0 radical (unpaired) electrons. The quantitative estimate of drug-likeness (QED) is 0.782. The van der Waals surface area contributed by atoms with Crippen LogP contribution in [-0.2, 0) is 10.0 Å². The number of sulfonamides is 1. The summed E-state index contributed by atoms with van der Waals surface area (Å²) >= 11 is 9.24. The van der Waals surface area contributed by atoms with Crippen molar-refractivity contribution in [2.24, 2.45) is 0 Å². The Balaban J connectivity index is 2.38. The lowest BCUT2D eigenvalue weighted by atomic mass is 10.3. The van der Waals surface area contributed by atoms with Crippen LogP contribution >= 0.6 is 27.5 Å². The van der Waals surface area contributed by atoms with E-state index >= 15 is 0 Å². The van der Waals surface area contributed by atoms with Gasteiger partial charge in [-0.3, -0.25) is 4.72 Å². The molecule has 0 atom stereocenters. The van der Waals surface area contributed by atoms with Gasteiger partial charge in [-0.15, -0.1) is 0 Å². The van der Waals surface area contributed by atoms with Crippen molar-refractivity contribution < 1.29 is 13.2 Å². The van der Waals surface area contributed by atoms with E-state index in [4.69, 9.17) is 22.1 Å². The van der Waals surface area contributed by atoms with E-state index in [-0.39, 0.29) is 16.3 Å². The Morgan fingerprint density at radius 2 is 1.95 bits per heavy atom. The molecule has 0 heterocycles. The lowest BCUT2D eigenvalue weighted by Gasteiger charge is -2.11. The molecule has 5 nitrogen and oxygen atoms in total. The standard InChI is InChI=1S/C13H12BrClN2O3S/c1-20-13-5-3-9(7-11(13)16)21(18,19)17-12-6-8(14)2-4-10(12)15/h2-7,17H,16H2,1H3. The largest absolute Gasteiger partial charge is 0.495 e. The molecule has 0 fully saturated rings. The molecule has 0 aliphatic heterocycles. The van der Waals surface area contributed by atoms with Gasteiger partial charge >= 0.3 is 0 Å². The van der Waals surface area contributed by atoms with Gasteiger partial charge in [0.15, 0.2) is 0 Å². The second kappa shape index (κ2) is 6.13. The number of nitrogens with one attached hydrogen (secondary N) is 1. The maximum absolute atomic E-state index is 12.3. The number of halogens is 2. The molecule has 8 heteroatoms. The van der Waals surface area contributed by atoms with Crippen LogP contribution in [0.1, 0.15) is 0 Å². The van der Waals surface area contributed by atoms with Gasteiger partial charge in [0.1, 0.15) is 5.75 Å². The van der Waals surface area contributed by atoms with E-state index in [2.05, 4.69) is 20.7 Å². The van der Waals surface area contributed by atoms with Crippen molar-refractivity contribution in [2.75, 3.05) is 17.6 Å². The second-order valence-corrected chi connectivity index (χ2v) is 7.14. The summed E-state index contributed by atoms with van der Waals surface area (Å²) in [7, 11) is -2.33. The van der Waals surface area contributed by atoms with Crippen molar-refractivity contribution in [3.8, 4) is 5.75 Å². The van der Waals surface area contributed by atoms with E-state index in [1.807, 2.05) is 0 Å². The normalized spacial score (nSPS) is 11.2. The smallest absolute Gasteiger partial charge is 0.262 e. The van der Waals surface area contributed by atoms with Gasteiger partial charge in [-0.2, -0.15) is 0 Å². The minimum absolute atomic E-state index is 0.0249. The first-order valence-corrected chi connectivity index (χ1v) is 8.40. The summed E-state index contributed by atoms with van der Waals surface area (Å²) in [6.45, 7) is 0. The summed E-state index contributed by atoms with van der Waals surface area (Å²) in [5, 5.41) is 0.295. The number of ether oxygens (including phenoxy) is 1. The summed E-state index contributed by atoms with van der Waals surface area (Å²) in [5.74, 6) is 0.412. The Hall–Kier alpha value is -1.44. The van der Waals surface area contributed by atoms with Gasteiger partial charge in [0, 0.05) is 4.47 Å². The predicted octanol–water partition coefficient (Wildman–Crippen LogP) is 3.49. The van der Waals surface area contributed by atoms with E-state index in [9.17, 15) is 8.42 Å². The molecule has 0 aromatic heterocycles. The maximum Gasteiger partial charge on any atom is 0.262 e. The van der Waals surface area contributed by atoms with Crippen molar-refractivity contribution in [3.63, 3.8) is 0 Å². The molecule has 0 saturated carbocycles. The second-order valence-electron chi connectivity index (χ2n) is 4.13. The summed E-state index contributed by atoms with van der Waals surface area (Å²) in [6.07, 6.45) is 0. The zero-order chi connectivity index (χ0) is 15.6. The van der Waals surface area contributed by atoms with Crippen LogP contribution in [0.5, 0.6) is 5.75 Å². The highest BCUT2D eigenvalue weighted by Crippen LogP contribution is 2.29. The van der Waals surface area contributed by atoms with Crippen molar-refractivity contribution in [2.45, 2.75) is 4.90 Å². The zero-order valence-corrected chi connectivity index (χ0v) is 14.1. The van der Waals surface area contributed by atoms with E-state index < -0.39 is 10.0 Å². The van der Waals surface area contributed by atoms with Gasteiger partial charge < -0.3 is 10.5 Å². The third-order valence-electron chi connectivity index (χ3n) is 2.68. The molecule has 0 spiro atoms. The van der Waals surface area contributed by atoms with E-state index in [0.717, 1.165) is 0 Å². The van der Waals surface area contributed by atoms with Crippen LogP contribution < -0.4 is 15.2 Å². The molecular weight excluding hydrogens is 380 g/mol. The molecule has 2 aromatic rings. The molecule has 21 heavy (non-hydrogen) atoms. The zero-order valence-electron chi connectivity index (χ0n) is 10.9. The summed E-state index contributed by atoms with van der Waals surface area (Å²) < 4.78 is 32.8. The number of rotatable bonds is 4. The highest BCUT2D eigenvalue weighted by atomic mass is 79.9. The number of nitrogens with two attached hydrogens (primary N) is 1. The van der Waals surface area contributed by atoms with Crippen LogP contribution in [-0.4, -0.2) is 15.5 Å². The molecule has 0 saturated heterocycles. The van der Waals surface area contributed by atoms with Crippen LogP contribution in [0.3, 0.4) is 0 Å². The number of benzene rings is 2. The number of hydrogen-bond donors (Lipinski definition) is 2. The van der Waals surface area contributed by atoms with Crippen LogP contribution in [0.25, 0.3) is 0 Å². The molecule has 0 aliphatic carbocycles. The van der Waals surface area contributed by atoms with E-state index in [1.54, 1.807) is 18.2 Å². The fourth-order valence-electron chi connectivity index (χ4n) is 1.66. The monoisotopic (exact) mass is 390 g/mol. The third kappa shape index (κ3) is 3.61. The van der Waals surface area contributed by atoms with Gasteiger partial charge in [-0.25, -0.2) is 8.42 Å². The van der Waals surface area contributed by atoms with Gasteiger partial charge in [-0.1, -0.05) is 27.5 Å². The highest BCUT2D eigenvalue weighted by Gasteiger charge is 2.17. The van der Waals surface area contributed by atoms with Crippen LogP contribution in [0.15, 0.2) is 45.8 Å². The molecule has 3 N–H and O–H groups in total. The van der Waals surface area contributed by atoms with Crippen molar-refractivity contribution in [1.29, 1.82) is 0 Å². The molecule has 112 valence electrons. The summed E-state index contributed by atoms with van der Waals surface area (Å²) in [4.78, 5) is 0.0249. The number of anilines is 2. The van der Waals surface area contributed by atoms with Crippen molar-refractivity contribution in [3.05, 3.63) is 45.9 Å². The highest BCUT2D eigenvalue weighted by molar-refractivity contribution is 9.10. The number of methoxy groups -OCH3 is 1. The molecule has 0 aliphatic rings. The first-order chi connectivity index (χ1) is 9.83. The Bertz CT molecular complexity index is 781. The molecule has 2 aromatic carbocycles. The number of nitrogen functional groups attached to an aromatic ring is 1. The first kappa shape index (κ1) is 15.9. The molecule has 2 rings (SSSR count). The number of hydrogen-bond acceptors (Lipinski definition) is 4. The third-order valence-corrected chi connectivity index (χ3v) is 4.87. The van der Waals surface area contributed by atoms with Crippen molar-refractivity contribution in [1.82, 2.24) is 0 Å². The average molecular weight is 392 g/mol. The lowest BCUT2D eigenvalue weighted by Crippen LogP contribution is -2.13. The Kier molecular flexibility index (Phi) is 4.65. The maximum atomic E-state index is 12.3. The average Bonchev–Trinajstić information content (AvgIpc) is 2.42. The van der Waals surface area contributed by atoms with Crippen LogP contribution in [0.2, 0.25) is 5.02 Å². The Morgan fingerprint density at radius 1 is 1.24 bits per heavy atom. The fourth-order valence-corrected chi connectivity index (χ4v) is 3.35. The van der Waals surface area contributed by atoms with E-state index in [0.29, 0.717) is 15.2 Å². The van der Waals surface area contributed by atoms with E-state index in [1.165, 1.54) is 25.3 Å². The van der Waals surface area contributed by atoms with Gasteiger partial charge in [0.2, 0.25) is 0 Å². The summed E-state index contributed by atoms with van der Waals surface area (Å²) in [6, 6.07) is 9.10. The van der Waals surface area contributed by atoms with Gasteiger partial charge in [-0.05, 0) is 36.4 Å². The van der Waals surface area contributed by atoms with Crippen LogP contribution in [0.4, 0.5) is 11.4 Å². The molecule has 0 unspecified atom stereocenters. The fraction of sp³-hybridized carbons (Fsp3) is 0.0769. The minimum Gasteiger partial charge on any atom is -0.495 e. The molecule has 0 bridgehead atoms. The molecular formula is C13H12BrClN2O3S.